The van der Waals surface area contributed by atoms with E-state index in [1.807, 2.05) is 19.9 Å². The molecule has 3 rings (SSSR count). The van der Waals surface area contributed by atoms with Crippen LogP contribution in [0.3, 0.4) is 0 Å². The van der Waals surface area contributed by atoms with Crippen LogP contribution in [0.4, 0.5) is 0 Å². The lowest BCUT2D eigenvalue weighted by Crippen LogP contribution is -2.31. The molecule has 1 atom stereocenters. The maximum atomic E-state index is 5.92. The molecule has 1 aromatic carbocycles. The van der Waals surface area contributed by atoms with Crippen LogP contribution in [0.1, 0.15) is 44.4 Å². The van der Waals surface area contributed by atoms with Gasteiger partial charge in [-0.3, -0.25) is 0 Å². The van der Waals surface area contributed by atoms with Gasteiger partial charge in [0.2, 0.25) is 0 Å². The molecule has 98 valence electrons. The molecule has 0 unspecified atom stereocenters. The highest BCUT2D eigenvalue weighted by Gasteiger charge is 2.41. The Balaban J connectivity index is 0.000000574. The summed E-state index contributed by atoms with van der Waals surface area (Å²) in [6.45, 7) is 9.45. The first-order valence-electron chi connectivity index (χ1n) is 6.84. The summed E-state index contributed by atoms with van der Waals surface area (Å²) in [6, 6.07) is 4.13. The lowest BCUT2D eigenvalue weighted by Gasteiger charge is -2.14. The number of benzene rings is 1. The van der Waals surface area contributed by atoms with Gasteiger partial charge in [0.25, 0.3) is 0 Å². The van der Waals surface area contributed by atoms with Crippen LogP contribution in [0.5, 0.6) is 5.75 Å². The van der Waals surface area contributed by atoms with E-state index < -0.39 is 0 Å². The lowest BCUT2D eigenvalue weighted by atomic mass is 9.76. The van der Waals surface area contributed by atoms with Crippen LogP contribution in [-0.4, -0.2) is 20.3 Å². The molecule has 2 aliphatic heterocycles. The molecular weight excluding hydrogens is 227 g/mol. The van der Waals surface area contributed by atoms with Crippen molar-refractivity contribution in [3.8, 4) is 5.75 Å². The third-order valence-corrected chi connectivity index (χ3v) is 3.29. The highest BCUT2D eigenvalue weighted by molar-refractivity contribution is 6.64. The molecule has 0 amide bonds. The molecule has 0 N–H and O–H groups in total. The van der Waals surface area contributed by atoms with Crippen molar-refractivity contribution in [2.45, 2.75) is 40.2 Å². The van der Waals surface area contributed by atoms with Crippen molar-refractivity contribution in [2.75, 3.05) is 13.2 Å². The maximum absolute atomic E-state index is 5.92. The van der Waals surface area contributed by atoms with E-state index in [1.54, 1.807) is 0 Å². The molecule has 0 radical (unpaired) electrons. The Bertz CT molecular complexity index is 420. The molecule has 0 aromatic heterocycles. The van der Waals surface area contributed by atoms with Gasteiger partial charge in [-0.2, -0.15) is 0 Å². The van der Waals surface area contributed by atoms with E-state index in [-0.39, 0.29) is 13.2 Å². The first-order valence-corrected chi connectivity index (χ1v) is 6.84. The molecule has 0 saturated carbocycles. The predicted molar refractivity (Wildman–Crippen MR) is 73.5 cm³/mol. The first-order chi connectivity index (χ1) is 8.81. The summed E-state index contributed by atoms with van der Waals surface area (Å²) < 4.78 is 17.3. The second-order valence-corrected chi connectivity index (χ2v) is 4.29. The number of aryl methyl sites for hydroxylation is 1. The van der Waals surface area contributed by atoms with Gasteiger partial charge in [-0.05, 0) is 30.5 Å². The van der Waals surface area contributed by atoms with Crippen LogP contribution in [0.15, 0.2) is 12.1 Å². The van der Waals surface area contributed by atoms with E-state index in [1.165, 1.54) is 11.1 Å². The van der Waals surface area contributed by atoms with Gasteiger partial charge in [-0.25, -0.2) is 0 Å². The maximum Gasteiger partial charge on any atom is 0.498 e. The van der Waals surface area contributed by atoms with E-state index in [0.717, 1.165) is 17.6 Å². The van der Waals surface area contributed by atoms with Crippen molar-refractivity contribution in [3.63, 3.8) is 0 Å². The van der Waals surface area contributed by atoms with Crippen LogP contribution in [0.25, 0.3) is 0 Å². The fourth-order valence-corrected chi connectivity index (χ4v) is 2.54. The largest absolute Gasteiger partial charge is 0.498 e. The van der Waals surface area contributed by atoms with E-state index in [0.29, 0.717) is 13.2 Å². The van der Waals surface area contributed by atoms with Gasteiger partial charge in [0.05, 0.1) is 12.7 Å². The van der Waals surface area contributed by atoms with Gasteiger partial charge in [0, 0.05) is 5.46 Å². The van der Waals surface area contributed by atoms with Crippen LogP contribution in [-0.2, 0) is 9.31 Å². The first kappa shape index (κ1) is 13.4. The quantitative estimate of drug-likeness (QED) is 0.715. The molecule has 2 heterocycles. The SMILES string of the molecule is CC.CC[C@H]1OB2OCCOc3ccc(C)c1c32. The number of ether oxygens (including phenoxy) is 1. The molecule has 3 nitrogen and oxygen atoms in total. The summed E-state index contributed by atoms with van der Waals surface area (Å²) in [5.41, 5.74) is 3.65. The van der Waals surface area contributed by atoms with Gasteiger partial charge in [0.1, 0.15) is 12.4 Å². The van der Waals surface area contributed by atoms with Gasteiger partial charge in [-0.1, -0.05) is 26.8 Å². The molecular formula is C14H21BO3. The highest BCUT2D eigenvalue weighted by atomic mass is 16.6. The lowest BCUT2D eigenvalue weighted by molar-refractivity contribution is 0.141. The summed E-state index contributed by atoms with van der Waals surface area (Å²) in [4.78, 5) is 0. The van der Waals surface area contributed by atoms with E-state index >= 15 is 0 Å². The molecule has 0 saturated heterocycles. The topological polar surface area (TPSA) is 27.7 Å². The Kier molecular flexibility index (Phi) is 4.30. The van der Waals surface area contributed by atoms with Crippen molar-refractivity contribution < 1.29 is 14.0 Å². The molecule has 2 aliphatic rings. The summed E-state index contributed by atoms with van der Waals surface area (Å²) >= 11 is 0. The minimum Gasteiger partial charge on any atom is -0.492 e. The Labute approximate surface area is 110 Å². The van der Waals surface area contributed by atoms with Crippen LogP contribution in [0.2, 0.25) is 0 Å². The summed E-state index contributed by atoms with van der Waals surface area (Å²) in [5.74, 6) is 0.930. The molecule has 1 aromatic rings. The van der Waals surface area contributed by atoms with Crippen molar-refractivity contribution in [3.05, 3.63) is 23.3 Å². The van der Waals surface area contributed by atoms with Crippen molar-refractivity contribution >= 4 is 12.6 Å². The summed E-state index contributed by atoms with van der Waals surface area (Å²) in [7, 11) is -0.225. The predicted octanol–water partition coefficient (Wildman–Crippen LogP) is 2.61. The van der Waals surface area contributed by atoms with Gasteiger partial charge in [0.15, 0.2) is 0 Å². The molecule has 18 heavy (non-hydrogen) atoms. The Morgan fingerprint density at radius 1 is 1.28 bits per heavy atom. The van der Waals surface area contributed by atoms with Crippen molar-refractivity contribution in [1.82, 2.24) is 0 Å². The monoisotopic (exact) mass is 248 g/mol. The van der Waals surface area contributed by atoms with Crippen molar-refractivity contribution in [1.29, 1.82) is 0 Å². The zero-order chi connectivity index (χ0) is 13.1. The standard InChI is InChI=1S/C12H15BO3.C2H6/c1-3-9-11-8(2)4-5-10-12(11)13(16-9)15-7-6-14-10;1-2/h4-5,9H,3,6-7H2,1-2H3;1-2H3/t9-;/m1./s1. The molecule has 0 spiro atoms. The summed E-state index contributed by atoms with van der Waals surface area (Å²) in [5, 5.41) is 0. The Morgan fingerprint density at radius 2 is 2.06 bits per heavy atom. The highest BCUT2D eigenvalue weighted by Crippen LogP contribution is 2.34. The van der Waals surface area contributed by atoms with Crippen LogP contribution in [0, 0.1) is 6.92 Å². The van der Waals surface area contributed by atoms with Gasteiger partial charge in [-0.15, -0.1) is 0 Å². The minimum atomic E-state index is -0.225. The Morgan fingerprint density at radius 3 is 2.78 bits per heavy atom. The number of rotatable bonds is 1. The van der Waals surface area contributed by atoms with Crippen molar-refractivity contribution in [2.24, 2.45) is 0 Å². The molecule has 0 bridgehead atoms. The van der Waals surface area contributed by atoms with Gasteiger partial charge >= 0.3 is 7.12 Å². The van der Waals surface area contributed by atoms with Crippen LogP contribution >= 0.6 is 0 Å². The second kappa shape index (κ2) is 5.76. The molecule has 0 fully saturated rings. The molecule has 0 aliphatic carbocycles. The average Bonchev–Trinajstić information content (AvgIpc) is 2.67. The normalized spacial score (nSPS) is 20.4. The number of hydrogen-bond acceptors (Lipinski definition) is 3. The number of hydrogen-bond donors (Lipinski definition) is 0. The molecule has 4 heteroatoms. The third kappa shape index (κ3) is 2.15. The second-order valence-electron chi connectivity index (χ2n) is 4.29. The Hall–Kier alpha value is -0.995. The van der Waals surface area contributed by atoms with E-state index in [2.05, 4.69) is 19.9 Å². The van der Waals surface area contributed by atoms with E-state index in [9.17, 15) is 0 Å². The van der Waals surface area contributed by atoms with Gasteiger partial charge < -0.3 is 14.0 Å². The third-order valence-electron chi connectivity index (χ3n) is 3.29. The summed E-state index contributed by atoms with van der Waals surface area (Å²) in [6.07, 6.45) is 1.12. The fraction of sp³-hybridized carbons (Fsp3) is 0.571. The fourth-order valence-electron chi connectivity index (χ4n) is 2.54. The van der Waals surface area contributed by atoms with Crippen LogP contribution < -0.4 is 10.2 Å². The smallest absolute Gasteiger partial charge is 0.492 e. The minimum absolute atomic E-state index is 0.154. The van der Waals surface area contributed by atoms with E-state index in [4.69, 9.17) is 14.0 Å². The zero-order valence-electron chi connectivity index (χ0n) is 11.7. The average molecular weight is 248 g/mol. The zero-order valence-corrected chi connectivity index (χ0v) is 11.7.